The number of nitrogen functional groups attached to an aromatic ring is 1. The maximum atomic E-state index is 12.2. The SMILES string of the molecule is COCC(=O)N1CCCc2ccc(NC(=O)c3cnc(N)o3)cc21. The normalized spacial score (nSPS) is 13.5. The van der Waals surface area contributed by atoms with Crippen LogP contribution in [0.15, 0.2) is 28.8 Å². The Morgan fingerprint density at radius 3 is 3.00 bits per heavy atom. The number of amides is 2. The van der Waals surface area contributed by atoms with Crippen LogP contribution < -0.4 is 16.0 Å². The lowest BCUT2D eigenvalue weighted by Gasteiger charge is -2.29. The molecule has 0 fully saturated rings. The standard InChI is InChI=1S/C16H18N4O4/c1-23-9-14(21)20-6-2-3-10-4-5-11(7-12(10)20)19-15(22)13-8-18-16(17)24-13/h4-5,7-8H,2-3,6,9H2,1H3,(H2,17,18)(H,19,22). The van der Waals surface area contributed by atoms with Crippen LogP contribution in [0.4, 0.5) is 17.4 Å². The molecule has 24 heavy (non-hydrogen) atoms. The monoisotopic (exact) mass is 330 g/mol. The van der Waals surface area contributed by atoms with Crippen molar-refractivity contribution in [3.63, 3.8) is 0 Å². The van der Waals surface area contributed by atoms with Crippen molar-refractivity contribution < 1.29 is 18.7 Å². The van der Waals surface area contributed by atoms with Crippen molar-refractivity contribution >= 4 is 29.2 Å². The summed E-state index contributed by atoms with van der Waals surface area (Å²) in [5.41, 5.74) is 7.78. The number of methoxy groups -OCH3 is 1. The molecule has 0 aliphatic carbocycles. The van der Waals surface area contributed by atoms with Crippen LogP contribution in [0.1, 0.15) is 22.5 Å². The van der Waals surface area contributed by atoms with Gasteiger partial charge in [-0.1, -0.05) is 6.07 Å². The van der Waals surface area contributed by atoms with Crippen molar-refractivity contribution in [2.75, 3.05) is 36.2 Å². The van der Waals surface area contributed by atoms with Crippen LogP contribution in [0.25, 0.3) is 0 Å². The third-order valence-corrected chi connectivity index (χ3v) is 3.78. The number of aryl methyl sites for hydroxylation is 1. The number of rotatable bonds is 4. The van der Waals surface area contributed by atoms with Crippen LogP contribution in [0, 0.1) is 0 Å². The van der Waals surface area contributed by atoms with Gasteiger partial charge in [0.25, 0.3) is 17.8 Å². The Hall–Kier alpha value is -2.87. The molecule has 8 heteroatoms. The highest BCUT2D eigenvalue weighted by Crippen LogP contribution is 2.30. The van der Waals surface area contributed by atoms with Crippen molar-refractivity contribution in [2.45, 2.75) is 12.8 Å². The van der Waals surface area contributed by atoms with Crippen molar-refractivity contribution in [3.8, 4) is 0 Å². The summed E-state index contributed by atoms with van der Waals surface area (Å²) in [5.74, 6) is -0.535. The largest absolute Gasteiger partial charge is 0.418 e. The zero-order chi connectivity index (χ0) is 17.1. The van der Waals surface area contributed by atoms with Gasteiger partial charge in [-0.25, -0.2) is 4.98 Å². The summed E-state index contributed by atoms with van der Waals surface area (Å²) in [7, 11) is 1.49. The number of nitrogens with two attached hydrogens (primary N) is 1. The average molecular weight is 330 g/mol. The number of nitrogens with one attached hydrogen (secondary N) is 1. The lowest BCUT2D eigenvalue weighted by atomic mass is 10.0. The van der Waals surface area contributed by atoms with Gasteiger partial charge in [0, 0.05) is 25.0 Å². The maximum Gasteiger partial charge on any atom is 0.293 e. The number of oxazole rings is 1. The molecule has 0 bridgehead atoms. The predicted molar refractivity (Wildman–Crippen MR) is 87.9 cm³/mol. The molecule has 0 atom stereocenters. The highest BCUT2D eigenvalue weighted by atomic mass is 16.5. The van der Waals surface area contributed by atoms with Crippen LogP contribution in [0.2, 0.25) is 0 Å². The third kappa shape index (κ3) is 3.23. The lowest BCUT2D eigenvalue weighted by molar-refractivity contribution is -0.122. The van der Waals surface area contributed by atoms with E-state index in [4.69, 9.17) is 14.9 Å². The summed E-state index contributed by atoms with van der Waals surface area (Å²) in [6.45, 7) is 0.651. The number of hydrogen-bond donors (Lipinski definition) is 2. The molecule has 8 nitrogen and oxygen atoms in total. The molecular weight excluding hydrogens is 312 g/mol. The number of aromatic nitrogens is 1. The zero-order valence-electron chi connectivity index (χ0n) is 13.2. The Labute approximate surface area is 138 Å². The number of carbonyl (C=O) groups excluding carboxylic acids is 2. The molecule has 126 valence electrons. The molecule has 0 radical (unpaired) electrons. The first-order valence-corrected chi connectivity index (χ1v) is 7.53. The second kappa shape index (κ2) is 6.71. The summed E-state index contributed by atoms with van der Waals surface area (Å²) < 4.78 is 9.93. The van der Waals surface area contributed by atoms with Crippen molar-refractivity contribution in [1.82, 2.24) is 4.98 Å². The van der Waals surface area contributed by atoms with Gasteiger partial charge in [-0.05, 0) is 30.5 Å². The van der Waals surface area contributed by atoms with E-state index in [9.17, 15) is 9.59 Å². The van der Waals surface area contributed by atoms with E-state index in [2.05, 4.69) is 10.3 Å². The Kier molecular flexibility index (Phi) is 4.48. The van der Waals surface area contributed by atoms with E-state index in [1.165, 1.54) is 13.3 Å². The zero-order valence-corrected chi connectivity index (χ0v) is 13.2. The summed E-state index contributed by atoms with van der Waals surface area (Å²) >= 11 is 0. The molecule has 0 unspecified atom stereocenters. The van der Waals surface area contributed by atoms with E-state index < -0.39 is 5.91 Å². The molecule has 1 aliphatic rings. The highest BCUT2D eigenvalue weighted by Gasteiger charge is 2.23. The van der Waals surface area contributed by atoms with Crippen LogP contribution in [0.5, 0.6) is 0 Å². The van der Waals surface area contributed by atoms with Crippen molar-refractivity contribution in [3.05, 3.63) is 35.7 Å². The van der Waals surface area contributed by atoms with Gasteiger partial charge < -0.3 is 25.1 Å². The van der Waals surface area contributed by atoms with Crippen LogP contribution in [0.3, 0.4) is 0 Å². The molecule has 1 aromatic carbocycles. The summed E-state index contributed by atoms with van der Waals surface area (Å²) in [5, 5.41) is 2.72. The van der Waals surface area contributed by atoms with E-state index in [-0.39, 0.29) is 24.3 Å². The van der Waals surface area contributed by atoms with Gasteiger partial charge in [-0.3, -0.25) is 9.59 Å². The number of carbonyl (C=O) groups is 2. The highest BCUT2D eigenvalue weighted by molar-refractivity contribution is 6.03. The predicted octanol–water partition coefficient (Wildman–Crippen LogP) is 1.43. The molecule has 2 heterocycles. The fourth-order valence-corrected chi connectivity index (χ4v) is 2.70. The first-order chi connectivity index (χ1) is 11.6. The smallest absolute Gasteiger partial charge is 0.293 e. The fraction of sp³-hybridized carbons (Fsp3) is 0.312. The van der Waals surface area contributed by atoms with E-state index >= 15 is 0 Å². The number of fused-ring (bicyclic) bond motifs is 1. The Balaban J connectivity index is 1.82. The Morgan fingerprint density at radius 2 is 2.29 bits per heavy atom. The van der Waals surface area contributed by atoms with Gasteiger partial charge in [0.05, 0.1) is 6.20 Å². The Morgan fingerprint density at radius 1 is 1.46 bits per heavy atom. The number of benzene rings is 1. The van der Waals surface area contributed by atoms with Gasteiger partial charge in [0.1, 0.15) is 6.61 Å². The number of nitrogens with zero attached hydrogens (tertiary/aromatic N) is 2. The van der Waals surface area contributed by atoms with Gasteiger partial charge in [-0.15, -0.1) is 0 Å². The molecule has 3 N–H and O–H groups in total. The second-order valence-corrected chi connectivity index (χ2v) is 5.44. The van der Waals surface area contributed by atoms with E-state index in [0.717, 1.165) is 24.1 Å². The van der Waals surface area contributed by atoms with Crippen LogP contribution in [-0.2, 0) is 16.0 Å². The van der Waals surface area contributed by atoms with E-state index in [1.54, 1.807) is 17.0 Å². The lowest BCUT2D eigenvalue weighted by Crippen LogP contribution is -2.37. The second-order valence-electron chi connectivity index (χ2n) is 5.44. The summed E-state index contributed by atoms with van der Waals surface area (Å²) in [4.78, 5) is 29.7. The number of ether oxygens (including phenoxy) is 1. The van der Waals surface area contributed by atoms with Crippen LogP contribution >= 0.6 is 0 Å². The number of hydrogen-bond acceptors (Lipinski definition) is 6. The van der Waals surface area contributed by atoms with Gasteiger partial charge in [-0.2, -0.15) is 0 Å². The van der Waals surface area contributed by atoms with Crippen LogP contribution in [-0.4, -0.2) is 37.1 Å². The maximum absolute atomic E-state index is 12.2. The molecule has 1 aliphatic heterocycles. The minimum atomic E-state index is -0.454. The molecular formula is C16H18N4O4. The van der Waals surface area contributed by atoms with Crippen molar-refractivity contribution in [1.29, 1.82) is 0 Å². The number of anilines is 3. The molecule has 2 aromatic rings. The summed E-state index contributed by atoms with van der Waals surface area (Å²) in [6, 6.07) is 5.41. The molecule has 2 amide bonds. The first-order valence-electron chi connectivity index (χ1n) is 7.53. The van der Waals surface area contributed by atoms with Gasteiger partial charge in [0.2, 0.25) is 5.76 Å². The minimum absolute atomic E-state index is 0.0212. The van der Waals surface area contributed by atoms with Gasteiger partial charge in [0.15, 0.2) is 0 Å². The molecule has 0 saturated carbocycles. The van der Waals surface area contributed by atoms with E-state index in [1.807, 2.05) is 6.07 Å². The third-order valence-electron chi connectivity index (χ3n) is 3.78. The van der Waals surface area contributed by atoms with Crippen molar-refractivity contribution in [2.24, 2.45) is 0 Å². The quantitative estimate of drug-likeness (QED) is 0.877. The topological polar surface area (TPSA) is 111 Å². The molecule has 0 saturated heterocycles. The summed E-state index contributed by atoms with van der Waals surface area (Å²) in [6.07, 6.45) is 3.04. The van der Waals surface area contributed by atoms with Gasteiger partial charge >= 0.3 is 0 Å². The Bertz CT molecular complexity index is 771. The first kappa shape index (κ1) is 16.0. The fourth-order valence-electron chi connectivity index (χ4n) is 2.70. The molecule has 1 aromatic heterocycles. The minimum Gasteiger partial charge on any atom is -0.418 e. The molecule has 0 spiro atoms. The average Bonchev–Trinajstić information content (AvgIpc) is 3.01. The molecule has 3 rings (SSSR count). The van der Waals surface area contributed by atoms with E-state index in [0.29, 0.717) is 12.2 Å².